The van der Waals surface area contributed by atoms with Gasteiger partial charge in [0.2, 0.25) is 5.88 Å². The van der Waals surface area contributed by atoms with E-state index in [1.54, 1.807) is 12.1 Å². The Hall–Kier alpha value is -2.08. The second-order valence-electron chi connectivity index (χ2n) is 3.40. The van der Waals surface area contributed by atoms with Crippen LogP contribution in [0.5, 0.6) is 11.6 Å². The molecule has 0 saturated heterocycles. The summed E-state index contributed by atoms with van der Waals surface area (Å²) in [6.07, 6.45) is 0. The Bertz CT molecular complexity index is 604. The number of benzene rings is 1. The molecule has 1 aromatic carbocycles. The average molecular weight is 266 g/mol. The van der Waals surface area contributed by atoms with Gasteiger partial charge in [0, 0.05) is 12.1 Å². The Morgan fingerprint density at radius 3 is 2.67 bits per heavy atom. The van der Waals surface area contributed by atoms with Gasteiger partial charge in [0.05, 0.1) is 0 Å². The first kappa shape index (κ1) is 12.4. The van der Waals surface area contributed by atoms with Crippen molar-refractivity contribution >= 4 is 17.2 Å². The second kappa shape index (κ2) is 5.05. The number of pyridine rings is 1. The van der Waals surface area contributed by atoms with E-state index in [0.29, 0.717) is 5.69 Å². The number of aromatic nitrogens is 1. The molecule has 1 heterocycles. The van der Waals surface area contributed by atoms with Crippen molar-refractivity contribution in [2.45, 2.75) is 0 Å². The zero-order chi connectivity index (χ0) is 13.1. The summed E-state index contributed by atoms with van der Waals surface area (Å²) in [4.78, 5) is 4.09. The number of halogens is 2. The quantitative estimate of drug-likeness (QED) is 0.868. The van der Waals surface area contributed by atoms with Crippen molar-refractivity contribution in [3.63, 3.8) is 0 Å². The van der Waals surface area contributed by atoms with Crippen LogP contribution in [0.3, 0.4) is 0 Å². The van der Waals surface area contributed by atoms with Gasteiger partial charge in [-0.15, -0.1) is 0 Å². The number of hydrogen-bond donors (Lipinski definition) is 1. The van der Waals surface area contributed by atoms with Crippen LogP contribution in [0.15, 0.2) is 36.4 Å². The van der Waals surface area contributed by atoms with E-state index in [2.05, 4.69) is 4.98 Å². The van der Waals surface area contributed by atoms with E-state index in [9.17, 15) is 8.78 Å². The first-order valence-electron chi connectivity index (χ1n) is 4.96. The minimum Gasteiger partial charge on any atom is -0.436 e. The SMILES string of the molecule is NC(=S)c1cccc(Oc2ccc(F)cc2F)n1. The summed E-state index contributed by atoms with van der Waals surface area (Å²) in [5, 5.41) is 0. The van der Waals surface area contributed by atoms with E-state index in [4.69, 9.17) is 22.7 Å². The van der Waals surface area contributed by atoms with E-state index in [0.717, 1.165) is 12.1 Å². The van der Waals surface area contributed by atoms with Crippen LogP contribution < -0.4 is 10.5 Å². The highest BCUT2D eigenvalue weighted by atomic mass is 32.1. The van der Waals surface area contributed by atoms with Gasteiger partial charge in [0.1, 0.15) is 16.5 Å². The van der Waals surface area contributed by atoms with Gasteiger partial charge in [-0.2, -0.15) is 0 Å². The summed E-state index contributed by atoms with van der Waals surface area (Å²) in [6.45, 7) is 0. The number of thiocarbonyl (C=S) groups is 1. The van der Waals surface area contributed by atoms with Crippen LogP contribution in [0, 0.1) is 11.6 Å². The number of rotatable bonds is 3. The molecule has 1 aromatic heterocycles. The van der Waals surface area contributed by atoms with Crippen LogP contribution in [0.2, 0.25) is 0 Å². The molecule has 0 aliphatic heterocycles. The van der Waals surface area contributed by atoms with Gasteiger partial charge in [-0.1, -0.05) is 18.3 Å². The standard InChI is InChI=1S/C12H8F2N2OS/c13-7-4-5-10(8(14)6-7)17-11-3-1-2-9(16-11)12(15)18/h1-6H,(H2,15,18). The third-order valence-electron chi connectivity index (χ3n) is 2.08. The Morgan fingerprint density at radius 1 is 1.22 bits per heavy atom. The predicted molar refractivity (Wildman–Crippen MR) is 66.6 cm³/mol. The normalized spacial score (nSPS) is 10.1. The van der Waals surface area contributed by atoms with Gasteiger partial charge in [-0.05, 0) is 18.2 Å². The molecule has 2 N–H and O–H groups in total. The van der Waals surface area contributed by atoms with Crippen molar-refractivity contribution in [2.24, 2.45) is 5.73 Å². The minimum atomic E-state index is -0.808. The Morgan fingerprint density at radius 2 is 2.00 bits per heavy atom. The lowest BCUT2D eigenvalue weighted by Gasteiger charge is -2.06. The number of ether oxygens (including phenoxy) is 1. The summed E-state index contributed by atoms with van der Waals surface area (Å²) in [6, 6.07) is 7.75. The molecule has 0 saturated carbocycles. The molecule has 0 radical (unpaired) electrons. The van der Waals surface area contributed by atoms with Crippen LogP contribution in [-0.4, -0.2) is 9.97 Å². The summed E-state index contributed by atoms with van der Waals surface area (Å²) in [7, 11) is 0. The van der Waals surface area contributed by atoms with Crippen LogP contribution in [0.25, 0.3) is 0 Å². The average Bonchev–Trinajstić information content (AvgIpc) is 2.33. The van der Waals surface area contributed by atoms with Gasteiger partial charge in [-0.3, -0.25) is 0 Å². The molecule has 0 unspecified atom stereocenters. The first-order chi connectivity index (χ1) is 8.56. The molecule has 2 rings (SSSR count). The molecule has 0 amide bonds. The van der Waals surface area contributed by atoms with Crippen LogP contribution in [-0.2, 0) is 0 Å². The molecule has 18 heavy (non-hydrogen) atoms. The molecule has 3 nitrogen and oxygen atoms in total. The fraction of sp³-hybridized carbons (Fsp3) is 0. The van der Waals surface area contributed by atoms with E-state index >= 15 is 0 Å². The second-order valence-corrected chi connectivity index (χ2v) is 3.84. The maximum Gasteiger partial charge on any atom is 0.220 e. The topological polar surface area (TPSA) is 48.1 Å². The Kier molecular flexibility index (Phi) is 3.47. The van der Waals surface area contributed by atoms with Crippen LogP contribution >= 0.6 is 12.2 Å². The molecule has 0 aliphatic rings. The molecule has 6 heteroatoms. The number of nitrogens with zero attached hydrogens (tertiary/aromatic N) is 1. The van der Waals surface area contributed by atoms with Gasteiger partial charge >= 0.3 is 0 Å². The minimum absolute atomic E-state index is 0.111. The van der Waals surface area contributed by atoms with Gasteiger partial charge in [0.15, 0.2) is 11.6 Å². The lowest BCUT2D eigenvalue weighted by Crippen LogP contribution is -2.11. The molecular formula is C12H8F2N2OS. The molecule has 0 fully saturated rings. The first-order valence-corrected chi connectivity index (χ1v) is 5.37. The molecular weight excluding hydrogens is 258 g/mol. The predicted octanol–water partition coefficient (Wildman–Crippen LogP) is 2.79. The molecule has 0 bridgehead atoms. The highest BCUT2D eigenvalue weighted by Gasteiger charge is 2.08. The molecule has 0 atom stereocenters. The summed E-state index contributed by atoms with van der Waals surface area (Å²) >= 11 is 4.77. The van der Waals surface area contributed by atoms with Crippen molar-refractivity contribution < 1.29 is 13.5 Å². The van der Waals surface area contributed by atoms with Gasteiger partial charge in [0.25, 0.3) is 0 Å². The molecule has 0 spiro atoms. The summed E-state index contributed by atoms with van der Waals surface area (Å²) in [5.74, 6) is -1.47. The smallest absolute Gasteiger partial charge is 0.220 e. The fourth-order valence-electron chi connectivity index (χ4n) is 1.28. The molecule has 92 valence electrons. The molecule has 2 aromatic rings. The van der Waals surface area contributed by atoms with Gasteiger partial charge in [-0.25, -0.2) is 13.8 Å². The largest absolute Gasteiger partial charge is 0.436 e. The lowest BCUT2D eigenvalue weighted by molar-refractivity contribution is 0.423. The monoisotopic (exact) mass is 266 g/mol. The highest BCUT2D eigenvalue weighted by molar-refractivity contribution is 7.80. The number of hydrogen-bond acceptors (Lipinski definition) is 3. The van der Waals surface area contributed by atoms with Crippen molar-refractivity contribution in [3.8, 4) is 11.6 Å². The Labute approximate surface area is 107 Å². The third-order valence-corrected chi connectivity index (χ3v) is 2.29. The van der Waals surface area contributed by atoms with Crippen LogP contribution in [0.4, 0.5) is 8.78 Å². The van der Waals surface area contributed by atoms with Crippen LogP contribution in [0.1, 0.15) is 5.69 Å². The fourth-order valence-corrected chi connectivity index (χ4v) is 1.39. The van der Waals surface area contributed by atoms with Gasteiger partial charge < -0.3 is 10.5 Å². The van der Waals surface area contributed by atoms with E-state index < -0.39 is 11.6 Å². The highest BCUT2D eigenvalue weighted by Crippen LogP contribution is 2.23. The maximum atomic E-state index is 13.4. The van der Waals surface area contributed by atoms with Crippen molar-refractivity contribution in [1.82, 2.24) is 4.98 Å². The third kappa shape index (κ3) is 2.78. The zero-order valence-corrected chi connectivity index (χ0v) is 9.88. The van der Waals surface area contributed by atoms with E-state index in [-0.39, 0.29) is 16.6 Å². The molecule has 0 aliphatic carbocycles. The van der Waals surface area contributed by atoms with Crippen molar-refractivity contribution in [2.75, 3.05) is 0 Å². The Balaban J connectivity index is 2.28. The number of nitrogens with two attached hydrogens (primary N) is 1. The van der Waals surface area contributed by atoms with Crippen molar-refractivity contribution in [1.29, 1.82) is 0 Å². The van der Waals surface area contributed by atoms with Crippen molar-refractivity contribution in [3.05, 3.63) is 53.7 Å². The summed E-state index contributed by atoms with van der Waals surface area (Å²) < 4.78 is 31.3. The zero-order valence-electron chi connectivity index (χ0n) is 9.06. The maximum absolute atomic E-state index is 13.4. The summed E-state index contributed by atoms with van der Waals surface area (Å²) in [5.41, 5.74) is 5.78. The van der Waals surface area contributed by atoms with E-state index in [1.807, 2.05) is 0 Å². The van der Waals surface area contributed by atoms with E-state index in [1.165, 1.54) is 12.1 Å². The lowest BCUT2D eigenvalue weighted by atomic mass is 10.3.